The number of aromatic hydroxyl groups is 1. The second-order valence-electron chi connectivity index (χ2n) is 2.18. The quantitative estimate of drug-likeness (QED) is 0.881. The summed E-state index contributed by atoms with van der Waals surface area (Å²) in [6.07, 6.45) is -1.85. The maximum absolute atomic E-state index is 12.3. The summed E-state index contributed by atoms with van der Waals surface area (Å²) < 4.78 is 29.3. The second-order valence-corrected chi connectivity index (χ2v) is 2.97. The van der Waals surface area contributed by atoms with Gasteiger partial charge >= 0.3 is 0 Å². The summed E-state index contributed by atoms with van der Waals surface area (Å²) in [6, 6.07) is 0. The van der Waals surface area contributed by atoms with Crippen molar-refractivity contribution in [1.29, 1.82) is 0 Å². The van der Waals surface area contributed by atoms with Gasteiger partial charge in [-0.25, -0.2) is 13.8 Å². The molecule has 1 aromatic heterocycles. The number of rotatable bonds is 2. The predicted molar refractivity (Wildman–Crippen MR) is 45.1 cm³/mol. The average molecular weight is 254 g/mol. The van der Waals surface area contributed by atoms with E-state index in [1.54, 1.807) is 0 Å². The van der Waals surface area contributed by atoms with Gasteiger partial charge in [-0.3, -0.25) is 0 Å². The van der Waals surface area contributed by atoms with E-state index in [2.05, 4.69) is 25.7 Å². The van der Waals surface area contributed by atoms with Gasteiger partial charge in [-0.1, -0.05) is 0 Å². The summed E-state index contributed by atoms with van der Waals surface area (Å²) in [6.45, 7) is 0. The van der Waals surface area contributed by atoms with Crippen molar-refractivity contribution in [2.75, 3.05) is 7.11 Å². The molecule has 6 heteroatoms. The zero-order chi connectivity index (χ0) is 10.0. The van der Waals surface area contributed by atoms with E-state index in [-0.39, 0.29) is 10.4 Å². The third-order valence-corrected chi connectivity index (χ3v) is 2.18. The molecule has 0 atom stereocenters. The number of hydrogen-bond donors (Lipinski definition) is 1. The summed E-state index contributed by atoms with van der Waals surface area (Å²) in [5, 5.41) is 9.05. The minimum absolute atomic E-state index is 0.0214. The lowest BCUT2D eigenvalue weighted by Crippen LogP contribution is -1.94. The molecule has 1 rings (SSSR count). The molecule has 0 aliphatic rings. The molecule has 1 heterocycles. The van der Waals surface area contributed by atoms with Crippen molar-refractivity contribution < 1.29 is 18.6 Å². The lowest BCUT2D eigenvalue weighted by molar-refractivity contribution is 0.145. The van der Waals surface area contributed by atoms with Crippen LogP contribution in [0, 0.1) is 0 Å². The van der Waals surface area contributed by atoms with Crippen molar-refractivity contribution in [1.82, 2.24) is 4.98 Å². The SMILES string of the molecule is COc1ncc(O)c(C(F)F)c1Br. The largest absolute Gasteiger partial charge is 0.506 e. The Labute approximate surface area is 81.5 Å². The Morgan fingerprint density at radius 2 is 2.23 bits per heavy atom. The van der Waals surface area contributed by atoms with Crippen LogP contribution in [-0.2, 0) is 0 Å². The molecule has 0 aromatic carbocycles. The number of methoxy groups -OCH3 is 1. The topological polar surface area (TPSA) is 42.4 Å². The van der Waals surface area contributed by atoms with Crippen LogP contribution in [0.1, 0.15) is 12.0 Å². The molecule has 3 nitrogen and oxygen atoms in total. The Bertz CT molecular complexity index is 320. The number of nitrogens with zero attached hydrogens (tertiary/aromatic N) is 1. The van der Waals surface area contributed by atoms with Crippen LogP contribution in [0.2, 0.25) is 0 Å². The molecule has 1 aromatic rings. The summed E-state index contributed by atoms with van der Waals surface area (Å²) in [5.74, 6) is -0.532. The molecule has 0 aliphatic heterocycles. The van der Waals surface area contributed by atoms with Gasteiger partial charge in [0.1, 0.15) is 5.75 Å². The first-order chi connectivity index (χ1) is 6.07. The van der Waals surface area contributed by atoms with E-state index in [4.69, 9.17) is 5.11 Å². The summed E-state index contributed by atoms with van der Waals surface area (Å²) in [5.41, 5.74) is -0.508. The zero-order valence-corrected chi connectivity index (χ0v) is 8.18. The molecule has 0 aliphatic carbocycles. The Morgan fingerprint density at radius 3 is 2.69 bits per heavy atom. The highest BCUT2D eigenvalue weighted by molar-refractivity contribution is 9.10. The van der Waals surface area contributed by atoms with Crippen LogP contribution in [-0.4, -0.2) is 17.2 Å². The van der Waals surface area contributed by atoms with Gasteiger partial charge in [-0.2, -0.15) is 0 Å². The van der Waals surface area contributed by atoms with Gasteiger partial charge in [0.2, 0.25) is 5.88 Å². The second kappa shape index (κ2) is 3.87. The summed E-state index contributed by atoms with van der Waals surface area (Å²) in [4.78, 5) is 3.59. The number of ether oxygens (including phenoxy) is 1. The highest BCUT2D eigenvalue weighted by Gasteiger charge is 2.20. The minimum atomic E-state index is -2.77. The Morgan fingerprint density at radius 1 is 1.62 bits per heavy atom. The summed E-state index contributed by atoms with van der Waals surface area (Å²) in [7, 11) is 1.30. The maximum atomic E-state index is 12.3. The van der Waals surface area contributed by atoms with Gasteiger partial charge in [0.15, 0.2) is 0 Å². The third kappa shape index (κ3) is 1.88. The van der Waals surface area contributed by atoms with Crippen LogP contribution in [0.3, 0.4) is 0 Å². The fourth-order valence-electron chi connectivity index (χ4n) is 0.824. The van der Waals surface area contributed by atoms with E-state index in [9.17, 15) is 8.78 Å². The van der Waals surface area contributed by atoms with E-state index in [1.807, 2.05) is 0 Å². The molecule has 0 amide bonds. The number of aromatic nitrogens is 1. The molecule has 72 valence electrons. The van der Waals surface area contributed by atoms with Crippen molar-refractivity contribution in [3.8, 4) is 11.6 Å². The van der Waals surface area contributed by atoms with Crippen LogP contribution in [0.4, 0.5) is 8.78 Å². The van der Waals surface area contributed by atoms with Gasteiger partial charge in [0, 0.05) is 0 Å². The Balaban J connectivity index is 3.30. The van der Waals surface area contributed by atoms with Gasteiger partial charge < -0.3 is 9.84 Å². The van der Waals surface area contributed by atoms with Crippen molar-refractivity contribution in [2.24, 2.45) is 0 Å². The summed E-state index contributed by atoms with van der Waals surface area (Å²) >= 11 is 2.87. The molecular formula is C7H6BrF2NO2. The number of hydrogen-bond acceptors (Lipinski definition) is 3. The molecule has 0 radical (unpaired) electrons. The lowest BCUT2D eigenvalue weighted by atomic mass is 10.2. The van der Waals surface area contributed by atoms with Gasteiger partial charge in [-0.15, -0.1) is 0 Å². The van der Waals surface area contributed by atoms with E-state index < -0.39 is 17.7 Å². The standard InChI is InChI=1S/C7H6BrF2NO2/c1-13-7-5(8)4(6(9)10)3(12)2-11-7/h2,6,12H,1H3. The van der Waals surface area contributed by atoms with Crippen molar-refractivity contribution in [2.45, 2.75) is 6.43 Å². The van der Waals surface area contributed by atoms with Crippen LogP contribution in [0.5, 0.6) is 11.6 Å². The van der Waals surface area contributed by atoms with Gasteiger partial charge in [0.25, 0.3) is 6.43 Å². The molecule has 0 spiro atoms. The van der Waals surface area contributed by atoms with Crippen molar-refractivity contribution >= 4 is 15.9 Å². The van der Waals surface area contributed by atoms with Gasteiger partial charge in [0.05, 0.1) is 23.3 Å². The number of pyridine rings is 1. The van der Waals surface area contributed by atoms with Crippen molar-refractivity contribution in [3.05, 3.63) is 16.2 Å². The first-order valence-corrected chi connectivity index (χ1v) is 4.06. The maximum Gasteiger partial charge on any atom is 0.268 e. The van der Waals surface area contributed by atoms with Crippen LogP contribution < -0.4 is 4.74 Å². The molecular weight excluding hydrogens is 248 g/mol. The molecule has 0 fully saturated rings. The van der Waals surface area contributed by atoms with Crippen LogP contribution >= 0.6 is 15.9 Å². The van der Waals surface area contributed by atoms with E-state index in [0.29, 0.717) is 0 Å². The molecule has 0 bridgehead atoms. The third-order valence-electron chi connectivity index (χ3n) is 1.42. The first-order valence-electron chi connectivity index (χ1n) is 3.27. The van der Waals surface area contributed by atoms with Gasteiger partial charge in [-0.05, 0) is 15.9 Å². The number of halogens is 3. The molecule has 0 saturated carbocycles. The minimum Gasteiger partial charge on any atom is -0.506 e. The normalized spacial score (nSPS) is 10.5. The molecule has 0 unspecified atom stereocenters. The first kappa shape index (κ1) is 10.2. The molecule has 1 N–H and O–H groups in total. The van der Waals surface area contributed by atoms with Crippen molar-refractivity contribution in [3.63, 3.8) is 0 Å². The van der Waals surface area contributed by atoms with E-state index >= 15 is 0 Å². The molecule has 13 heavy (non-hydrogen) atoms. The van der Waals surface area contributed by atoms with E-state index in [0.717, 1.165) is 6.20 Å². The van der Waals surface area contributed by atoms with E-state index in [1.165, 1.54) is 7.11 Å². The van der Waals surface area contributed by atoms with Crippen LogP contribution in [0.15, 0.2) is 10.7 Å². The Hall–Kier alpha value is -0.910. The average Bonchev–Trinajstić information content (AvgIpc) is 2.04. The monoisotopic (exact) mass is 253 g/mol. The smallest absolute Gasteiger partial charge is 0.268 e. The fraction of sp³-hybridized carbons (Fsp3) is 0.286. The fourth-order valence-corrected chi connectivity index (χ4v) is 1.46. The zero-order valence-electron chi connectivity index (χ0n) is 6.59. The highest BCUT2D eigenvalue weighted by Crippen LogP contribution is 2.38. The Kier molecular flexibility index (Phi) is 3.02. The molecule has 0 saturated heterocycles. The highest BCUT2D eigenvalue weighted by atomic mass is 79.9. The van der Waals surface area contributed by atoms with Crippen LogP contribution in [0.25, 0.3) is 0 Å². The predicted octanol–water partition coefficient (Wildman–Crippen LogP) is 2.50. The lowest BCUT2D eigenvalue weighted by Gasteiger charge is -2.08. The number of alkyl halides is 2.